The maximum absolute atomic E-state index is 13.9. The van der Waals surface area contributed by atoms with E-state index >= 15 is 0 Å². The molecule has 0 radical (unpaired) electrons. The summed E-state index contributed by atoms with van der Waals surface area (Å²) in [6, 6.07) is 4.22. The van der Waals surface area contributed by atoms with Crippen molar-refractivity contribution < 1.29 is 14.6 Å². The number of rotatable bonds is 2. The largest absolute Gasteiger partial charge is 0.508 e. The van der Waals surface area contributed by atoms with Crippen LogP contribution in [0, 0.1) is 5.82 Å². The molecule has 0 amide bonds. The predicted molar refractivity (Wildman–Crippen MR) is 63.3 cm³/mol. The molecule has 0 spiro atoms. The molecule has 1 aromatic carbocycles. The first-order chi connectivity index (χ1) is 8.07. The average molecular weight is 239 g/mol. The highest BCUT2D eigenvalue weighted by atomic mass is 19.1. The summed E-state index contributed by atoms with van der Waals surface area (Å²) >= 11 is 0. The Morgan fingerprint density at radius 2 is 2.00 bits per heavy atom. The van der Waals surface area contributed by atoms with Crippen molar-refractivity contribution in [2.75, 3.05) is 6.54 Å². The number of halogens is 1. The van der Waals surface area contributed by atoms with Gasteiger partial charge in [-0.15, -0.1) is 0 Å². The van der Waals surface area contributed by atoms with Gasteiger partial charge in [-0.25, -0.2) is 4.39 Å². The molecule has 3 nitrogen and oxygen atoms in total. The topological polar surface area (TPSA) is 66.5 Å². The van der Waals surface area contributed by atoms with Crippen molar-refractivity contribution >= 4 is 0 Å². The van der Waals surface area contributed by atoms with E-state index < -0.39 is 11.2 Å². The van der Waals surface area contributed by atoms with E-state index in [0.29, 0.717) is 37.8 Å². The Kier molecular flexibility index (Phi) is 3.35. The standard InChI is InChI=1S/C13H18FNO2/c14-12-7-10(17)1-2-11(12)13(8-15)5-3-9(16)4-6-13/h1-2,7,9,16-17H,3-6,8,15H2. The lowest BCUT2D eigenvalue weighted by atomic mass is 9.68. The molecule has 1 aliphatic carbocycles. The molecule has 1 aromatic rings. The van der Waals surface area contributed by atoms with E-state index in [2.05, 4.69) is 0 Å². The molecular weight excluding hydrogens is 221 g/mol. The van der Waals surface area contributed by atoms with Crippen molar-refractivity contribution in [2.24, 2.45) is 5.73 Å². The number of aliphatic hydroxyl groups is 1. The second-order valence-electron chi connectivity index (χ2n) is 4.88. The van der Waals surface area contributed by atoms with Crippen molar-refractivity contribution in [1.82, 2.24) is 0 Å². The number of benzene rings is 1. The first-order valence-corrected chi connectivity index (χ1v) is 5.94. The van der Waals surface area contributed by atoms with Crippen LogP contribution in [-0.4, -0.2) is 22.9 Å². The molecule has 0 aromatic heterocycles. The third kappa shape index (κ3) is 2.28. The lowest BCUT2D eigenvalue weighted by molar-refractivity contribution is 0.0962. The summed E-state index contributed by atoms with van der Waals surface area (Å²) < 4.78 is 13.9. The normalized spacial score (nSPS) is 29.2. The molecule has 1 saturated carbocycles. The third-order valence-corrected chi connectivity index (χ3v) is 3.83. The quantitative estimate of drug-likeness (QED) is 0.735. The van der Waals surface area contributed by atoms with Crippen molar-refractivity contribution in [3.63, 3.8) is 0 Å². The second kappa shape index (κ2) is 4.63. The summed E-state index contributed by atoms with van der Waals surface area (Å²) in [6.45, 7) is 0.363. The highest BCUT2D eigenvalue weighted by molar-refractivity contribution is 5.34. The van der Waals surface area contributed by atoms with Gasteiger partial charge in [0.15, 0.2) is 0 Å². The van der Waals surface area contributed by atoms with Crippen molar-refractivity contribution in [3.05, 3.63) is 29.6 Å². The molecule has 0 atom stereocenters. The third-order valence-electron chi connectivity index (χ3n) is 3.83. The SMILES string of the molecule is NCC1(c2ccc(O)cc2F)CCC(O)CC1. The van der Waals surface area contributed by atoms with Gasteiger partial charge in [-0.3, -0.25) is 0 Å². The zero-order chi connectivity index (χ0) is 12.5. The Morgan fingerprint density at radius 1 is 1.35 bits per heavy atom. The molecule has 94 valence electrons. The van der Waals surface area contributed by atoms with E-state index in [1.54, 1.807) is 6.07 Å². The number of hydrogen-bond donors (Lipinski definition) is 3. The van der Waals surface area contributed by atoms with Gasteiger partial charge in [0, 0.05) is 18.0 Å². The maximum atomic E-state index is 13.9. The van der Waals surface area contributed by atoms with Gasteiger partial charge in [-0.05, 0) is 37.3 Å². The van der Waals surface area contributed by atoms with Crippen molar-refractivity contribution in [2.45, 2.75) is 37.2 Å². The number of phenols is 1. The van der Waals surface area contributed by atoms with Gasteiger partial charge in [0.2, 0.25) is 0 Å². The van der Waals surface area contributed by atoms with Gasteiger partial charge in [0.05, 0.1) is 6.10 Å². The van der Waals surface area contributed by atoms with Crippen molar-refractivity contribution in [1.29, 1.82) is 0 Å². The van der Waals surface area contributed by atoms with E-state index in [-0.39, 0.29) is 11.9 Å². The fourth-order valence-electron chi connectivity index (χ4n) is 2.67. The first kappa shape index (κ1) is 12.3. The van der Waals surface area contributed by atoms with Gasteiger partial charge in [-0.1, -0.05) is 6.07 Å². The van der Waals surface area contributed by atoms with Crippen molar-refractivity contribution in [3.8, 4) is 5.75 Å². The smallest absolute Gasteiger partial charge is 0.130 e. The van der Waals surface area contributed by atoms with Crippen LogP contribution < -0.4 is 5.73 Å². The molecule has 1 aliphatic rings. The molecule has 0 aliphatic heterocycles. The number of aliphatic hydroxyl groups excluding tert-OH is 1. The van der Waals surface area contributed by atoms with Crippen LogP contribution in [0.15, 0.2) is 18.2 Å². The summed E-state index contributed by atoms with van der Waals surface area (Å²) in [7, 11) is 0. The van der Waals surface area contributed by atoms with Crippen LogP contribution in [0.4, 0.5) is 4.39 Å². The molecule has 0 unspecified atom stereocenters. The molecule has 1 fully saturated rings. The number of aromatic hydroxyl groups is 1. The second-order valence-corrected chi connectivity index (χ2v) is 4.88. The fourth-order valence-corrected chi connectivity index (χ4v) is 2.67. The molecule has 0 bridgehead atoms. The minimum atomic E-state index is -0.410. The zero-order valence-corrected chi connectivity index (χ0v) is 9.69. The minimum absolute atomic E-state index is 0.0748. The van der Waals surface area contributed by atoms with Crippen LogP contribution >= 0.6 is 0 Å². The van der Waals surface area contributed by atoms with Gasteiger partial charge in [0.25, 0.3) is 0 Å². The summed E-state index contributed by atoms with van der Waals surface area (Å²) in [6.07, 6.45) is 2.38. The molecule has 0 heterocycles. The number of phenolic OH excluding ortho intramolecular Hbond substituents is 1. The van der Waals surface area contributed by atoms with Gasteiger partial charge < -0.3 is 15.9 Å². The van der Waals surface area contributed by atoms with Gasteiger partial charge in [0.1, 0.15) is 11.6 Å². The van der Waals surface area contributed by atoms with Gasteiger partial charge in [-0.2, -0.15) is 0 Å². The van der Waals surface area contributed by atoms with Crippen LogP contribution in [0.5, 0.6) is 5.75 Å². The van der Waals surface area contributed by atoms with E-state index in [0.717, 1.165) is 6.07 Å². The zero-order valence-electron chi connectivity index (χ0n) is 9.69. The Hall–Kier alpha value is -1.13. The average Bonchev–Trinajstić information content (AvgIpc) is 2.31. The molecular formula is C13H18FNO2. The Labute approximate surface area is 100 Å². The van der Waals surface area contributed by atoms with Crippen LogP contribution in [0.2, 0.25) is 0 Å². The summed E-state index contributed by atoms with van der Waals surface area (Å²) in [5.74, 6) is -0.485. The molecule has 4 N–H and O–H groups in total. The summed E-state index contributed by atoms with van der Waals surface area (Å²) in [5, 5.41) is 18.7. The lowest BCUT2D eigenvalue weighted by Crippen LogP contribution is -2.40. The van der Waals surface area contributed by atoms with E-state index in [4.69, 9.17) is 5.73 Å². The Balaban J connectivity index is 2.34. The highest BCUT2D eigenvalue weighted by Gasteiger charge is 2.37. The monoisotopic (exact) mass is 239 g/mol. The van der Waals surface area contributed by atoms with Gasteiger partial charge >= 0.3 is 0 Å². The molecule has 2 rings (SSSR count). The Morgan fingerprint density at radius 3 is 2.53 bits per heavy atom. The summed E-state index contributed by atoms with van der Waals surface area (Å²) in [4.78, 5) is 0. The highest BCUT2D eigenvalue weighted by Crippen LogP contribution is 2.40. The van der Waals surface area contributed by atoms with Crippen LogP contribution in [0.25, 0.3) is 0 Å². The summed E-state index contributed by atoms with van der Waals surface area (Å²) in [5.41, 5.74) is 5.98. The maximum Gasteiger partial charge on any atom is 0.130 e. The fraction of sp³-hybridized carbons (Fsp3) is 0.538. The van der Waals surface area contributed by atoms with E-state index in [9.17, 15) is 14.6 Å². The molecule has 0 saturated heterocycles. The first-order valence-electron chi connectivity index (χ1n) is 5.94. The van der Waals surface area contributed by atoms with E-state index in [1.807, 2.05) is 0 Å². The number of nitrogens with two attached hydrogens (primary N) is 1. The minimum Gasteiger partial charge on any atom is -0.508 e. The predicted octanol–water partition coefficient (Wildman–Crippen LogP) is 1.66. The lowest BCUT2D eigenvalue weighted by Gasteiger charge is -2.38. The Bertz CT molecular complexity index is 400. The molecule has 17 heavy (non-hydrogen) atoms. The van der Waals surface area contributed by atoms with Crippen LogP contribution in [-0.2, 0) is 5.41 Å². The van der Waals surface area contributed by atoms with Crippen LogP contribution in [0.1, 0.15) is 31.2 Å². The number of hydrogen-bond acceptors (Lipinski definition) is 3. The van der Waals surface area contributed by atoms with E-state index in [1.165, 1.54) is 6.07 Å². The van der Waals surface area contributed by atoms with Crippen LogP contribution in [0.3, 0.4) is 0 Å². The molecule has 4 heteroatoms.